The minimum atomic E-state index is -0.479. The molecule has 2 heteroatoms. The summed E-state index contributed by atoms with van der Waals surface area (Å²) in [7, 11) is 0. The molecule has 0 aromatic rings. The highest BCUT2D eigenvalue weighted by Gasteiger charge is 2.24. The molecule has 0 fully saturated rings. The summed E-state index contributed by atoms with van der Waals surface area (Å²) in [6.45, 7) is 15.4. The fourth-order valence-corrected chi connectivity index (χ4v) is 1.38. The predicted octanol–water partition coefficient (Wildman–Crippen LogP) is 4.14. The van der Waals surface area contributed by atoms with Crippen LogP contribution in [0.5, 0.6) is 0 Å². The molecular weight excluding hydrogens is 212 g/mol. The second-order valence-corrected chi connectivity index (χ2v) is 5.94. The molecular formula is C15H26O2. The molecule has 0 saturated carbocycles. The van der Waals surface area contributed by atoms with Crippen molar-refractivity contribution in [2.75, 3.05) is 0 Å². The van der Waals surface area contributed by atoms with Crippen molar-refractivity contribution in [1.82, 2.24) is 0 Å². The van der Waals surface area contributed by atoms with E-state index in [1.54, 1.807) is 6.08 Å². The molecule has 98 valence electrons. The number of allylic oxidation sites excluding steroid dienone is 4. The highest BCUT2D eigenvalue weighted by atomic mass is 16.3. The maximum atomic E-state index is 10.1. The zero-order valence-electron chi connectivity index (χ0n) is 12.0. The quantitative estimate of drug-likeness (QED) is 0.571. The van der Waals surface area contributed by atoms with Gasteiger partial charge in [0.05, 0.1) is 6.10 Å². The fourth-order valence-electron chi connectivity index (χ4n) is 1.38. The second kappa shape index (κ2) is 6.06. The van der Waals surface area contributed by atoms with Gasteiger partial charge in [-0.2, -0.15) is 0 Å². The van der Waals surface area contributed by atoms with Gasteiger partial charge in [0.2, 0.25) is 0 Å². The van der Waals surface area contributed by atoms with Crippen LogP contribution in [0.3, 0.4) is 0 Å². The monoisotopic (exact) mass is 238 g/mol. The van der Waals surface area contributed by atoms with E-state index >= 15 is 0 Å². The van der Waals surface area contributed by atoms with E-state index < -0.39 is 6.10 Å². The van der Waals surface area contributed by atoms with Crippen LogP contribution in [0.1, 0.15) is 48.0 Å². The van der Waals surface area contributed by atoms with Crippen LogP contribution in [-0.4, -0.2) is 16.3 Å². The van der Waals surface area contributed by atoms with E-state index in [1.807, 2.05) is 41.5 Å². The minimum absolute atomic E-state index is 0.190. The fraction of sp³-hybridized carbons (Fsp3) is 0.600. The summed E-state index contributed by atoms with van der Waals surface area (Å²) in [6, 6.07) is 0. The highest BCUT2D eigenvalue weighted by molar-refractivity contribution is 5.34. The summed E-state index contributed by atoms with van der Waals surface area (Å²) in [5, 5.41) is 20.1. The lowest BCUT2D eigenvalue weighted by Gasteiger charge is -2.27. The molecule has 17 heavy (non-hydrogen) atoms. The summed E-state index contributed by atoms with van der Waals surface area (Å²) < 4.78 is 0. The van der Waals surface area contributed by atoms with Crippen LogP contribution in [0.25, 0.3) is 0 Å². The molecule has 1 atom stereocenters. The maximum Gasteiger partial charge on any atom is 0.119 e. The van der Waals surface area contributed by atoms with Gasteiger partial charge < -0.3 is 10.2 Å². The molecule has 0 aliphatic carbocycles. The predicted molar refractivity (Wildman–Crippen MR) is 74.0 cm³/mol. The van der Waals surface area contributed by atoms with Crippen LogP contribution in [0.4, 0.5) is 0 Å². The Morgan fingerprint density at radius 2 is 1.71 bits per heavy atom. The van der Waals surface area contributed by atoms with Crippen molar-refractivity contribution in [2.45, 2.75) is 54.1 Å². The number of hydrogen-bond acceptors (Lipinski definition) is 2. The van der Waals surface area contributed by atoms with Gasteiger partial charge in [-0.1, -0.05) is 38.5 Å². The van der Waals surface area contributed by atoms with Crippen molar-refractivity contribution >= 4 is 0 Å². The van der Waals surface area contributed by atoms with E-state index in [0.29, 0.717) is 6.42 Å². The summed E-state index contributed by atoms with van der Waals surface area (Å²) in [6.07, 6.45) is 1.62. The lowest BCUT2D eigenvalue weighted by atomic mass is 9.84. The van der Waals surface area contributed by atoms with Gasteiger partial charge >= 0.3 is 0 Å². The topological polar surface area (TPSA) is 40.5 Å². The van der Waals surface area contributed by atoms with Crippen molar-refractivity contribution in [3.05, 3.63) is 35.1 Å². The first kappa shape index (κ1) is 16.0. The molecule has 0 aromatic carbocycles. The maximum absolute atomic E-state index is 10.1. The van der Waals surface area contributed by atoms with Gasteiger partial charge in [0.1, 0.15) is 5.76 Å². The Hall–Kier alpha value is -1.02. The normalized spacial score (nSPS) is 14.4. The van der Waals surface area contributed by atoms with Crippen LogP contribution in [0.2, 0.25) is 0 Å². The van der Waals surface area contributed by atoms with E-state index in [4.69, 9.17) is 0 Å². The van der Waals surface area contributed by atoms with Gasteiger partial charge in [-0.15, -0.1) is 0 Å². The Bertz CT molecular complexity index is 336. The number of aliphatic hydroxyl groups excluding tert-OH is 2. The van der Waals surface area contributed by atoms with E-state index in [2.05, 4.69) is 6.58 Å². The first-order valence-corrected chi connectivity index (χ1v) is 5.96. The van der Waals surface area contributed by atoms with Gasteiger partial charge in [-0.3, -0.25) is 0 Å². The smallest absolute Gasteiger partial charge is 0.119 e. The third-order valence-electron chi connectivity index (χ3n) is 2.69. The molecule has 0 spiro atoms. The van der Waals surface area contributed by atoms with Crippen molar-refractivity contribution in [3.63, 3.8) is 0 Å². The Balaban J connectivity index is 5.07. The van der Waals surface area contributed by atoms with Crippen molar-refractivity contribution in [2.24, 2.45) is 5.41 Å². The minimum Gasteiger partial charge on any atom is -0.508 e. The molecule has 2 nitrogen and oxygen atoms in total. The molecule has 0 heterocycles. The van der Waals surface area contributed by atoms with E-state index in [9.17, 15) is 10.2 Å². The van der Waals surface area contributed by atoms with Crippen LogP contribution >= 0.6 is 0 Å². The largest absolute Gasteiger partial charge is 0.508 e. The number of rotatable bonds is 4. The average molecular weight is 238 g/mol. The van der Waals surface area contributed by atoms with Crippen LogP contribution in [-0.2, 0) is 0 Å². The van der Waals surface area contributed by atoms with E-state index in [0.717, 1.165) is 16.7 Å². The first-order valence-electron chi connectivity index (χ1n) is 5.96. The standard InChI is InChI=1S/C15H26O2/c1-10(2)8-13(16)12(11(3)4)9-14(17)15(5,6)7/h8,14,16-17H,1,9H2,2-7H3/b13-8+. The third kappa shape index (κ3) is 5.73. The molecule has 0 bridgehead atoms. The molecule has 0 aliphatic rings. The highest BCUT2D eigenvalue weighted by Crippen LogP contribution is 2.28. The molecule has 0 rings (SSSR count). The molecule has 0 radical (unpaired) electrons. The van der Waals surface area contributed by atoms with Crippen molar-refractivity contribution in [1.29, 1.82) is 0 Å². The van der Waals surface area contributed by atoms with Gasteiger partial charge in [-0.05, 0) is 37.8 Å². The molecule has 1 unspecified atom stereocenters. The molecule has 0 aliphatic heterocycles. The molecule has 0 saturated heterocycles. The van der Waals surface area contributed by atoms with Crippen LogP contribution in [0.15, 0.2) is 35.1 Å². The summed E-state index contributed by atoms with van der Waals surface area (Å²) in [5.41, 5.74) is 2.43. The van der Waals surface area contributed by atoms with Crippen molar-refractivity contribution in [3.8, 4) is 0 Å². The molecule has 0 aromatic heterocycles. The third-order valence-corrected chi connectivity index (χ3v) is 2.69. The first-order chi connectivity index (χ1) is 7.55. The van der Waals surface area contributed by atoms with E-state index in [-0.39, 0.29) is 11.2 Å². The summed E-state index contributed by atoms with van der Waals surface area (Å²) >= 11 is 0. The van der Waals surface area contributed by atoms with Gasteiger partial charge in [0.15, 0.2) is 0 Å². The summed E-state index contributed by atoms with van der Waals surface area (Å²) in [4.78, 5) is 0. The Kier molecular flexibility index (Phi) is 5.70. The Morgan fingerprint density at radius 1 is 1.24 bits per heavy atom. The van der Waals surface area contributed by atoms with Gasteiger partial charge in [0.25, 0.3) is 0 Å². The number of hydrogen-bond donors (Lipinski definition) is 2. The van der Waals surface area contributed by atoms with E-state index in [1.165, 1.54) is 0 Å². The lowest BCUT2D eigenvalue weighted by Crippen LogP contribution is -2.26. The van der Waals surface area contributed by atoms with Crippen LogP contribution < -0.4 is 0 Å². The molecule has 2 N–H and O–H groups in total. The second-order valence-electron chi connectivity index (χ2n) is 5.94. The zero-order valence-corrected chi connectivity index (χ0v) is 12.0. The van der Waals surface area contributed by atoms with Crippen molar-refractivity contribution < 1.29 is 10.2 Å². The Morgan fingerprint density at radius 3 is 2.00 bits per heavy atom. The van der Waals surface area contributed by atoms with Crippen LogP contribution in [0, 0.1) is 5.41 Å². The average Bonchev–Trinajstić information content (AvgIpc) is 2.09. The lowest BCUT2D eigenvalue weighted by molar-refractivity contribution is 0.0627. The van der Waals surface area contributed by atoms with Gasteiger partial charge in [0, 0.05) is 6.42 Å². The zero-order chi connectivity index (χ0) is 13.8. The SMILES string of the molecule is C=C(C)/C=C(/O)C(CC(O)C(C)(C)C)=C(C)C. The van der Waals surface area contributed by atoms with Gasteiger partial charge in [-0.25, -0.2) is 0 Å². The molecule has 0 amide bonds. The summed E-state index contributed by atoms with van der Waals surface area (Å²) in [5.74, 6) is 0.209. The Labute approximate surface area is 105 Å². The number of aliphatic hydroxyl groups is 2.